The van der Waals surface area contributed by atoms with E-state index in [0.717, 1.165) is 31.1 Å². The third-order valence-electron chi connectivity index (χ3n) is 7.71. The summed E-state index contributed by atoms with van der Waals surface area (Å²) in [5.74, 6) is 3.41. The minimum Gasteiger partial charge on any atom is -0.512 e. The van der Waals surface area contributed by atoms with Crippen molar-refractivity contribution in [3.63, 3.8) is 0 Å². The summed E-state index contributed by atoms with van der Waals surface area (Å²) in [5, 5.41) is 20.3. The van der Waals surface area contributed by atoms with E-state index < -0.39 is 0 Å². The first kappa shape index (κ1) is 13.9. The Hall–Kier alpha value is -0.760. The van der Waals surface area contributed by atoms with Crippen molar-refractivity contribution in [3.8, 4) is 0 Å². The van der Waals surface area contributed by atoms with Gasteiger partial charge in [0.1, 0.15) is 0 Å². The van der Waals surface area contributed by atoms with Gasteiger partial charge in [-0.2, -0.15) is 0 Å². The van der Waals surface area contributed by atoms with Crippen LogP contribution in [0.25, 0.3) is 0 Å². The first-order valence-electron chi connectivity index (χ1n) is 8.72. The third-order valence-corrected chi connectivity index (χ3v) is 7.71. The Kier molecular flexibility index (Phi) is 2.89. The molecule has 0 saturated heterocycles. The Bertz CT molecular complexity index is 508. The largest absolute Gasteiger partial charge is 0.512 e. The zero-order chi connectivity index (χ0) is 14.8. The van der Waals surface area contributed by atoms with Gasteiger partial charge in [-0.1, -0.05) is 26.0 Å². The second-order valence-electron chi connectivity index (χ2n) is 8.46. The van der Waals surface area contributed by atoms with Gasteiger partial charge < -0.3 is 10.2 Å². The highest BCUT2D eigenvalue weighted by Gasteiger charge is 2.57. The summed E-state index contributed by atoms with van der Waals surface area (Å²) >= 11 is 0. The van der Waals surface area contributed by atoms with Gasteiger partial charge in [-0.3, -0.25) is 0 Å². The normalized spacial score (nSPS) is 55.4. The quantitative estimate of drug-likeness (QED) is 0.655. The number of aliphatic hydroxyl groups excluding tert-OH is 2. The molecule has 2 fully saturated rings. The maximum absolute atomic E-state index is 10.3. The average molecular weight is 288 g/mol. The smallest absolute Gasteiger partial charge is 0.0944 e. The lowest BCUT2D eigenvalue weighted by Crippen LogP contribution is -2.52. The van der Waals surface area contributed by atoms with E-state index in [4.69, 9.17) is 0 Å². The van der Waals surface area contributed by atoms with Gasteiger partial charge in [-0.05, 0) is 73.7 Å². The van der Waals surface area contributed by atoms with Crippen LogP contribution in [0.15, 0.2) is 24.0 Å². The maximum atomic E-state index is 10.3. The summed E-state index contributed by atoms with van der Waals surface area (Å²) in [5.41, 5.74) is 0.309. The molecule has 2 N–H and O–H groups in total. The lowest BCUT2D eigenvalue weighted by molar-refractivity contribution is -0.0778. The third kappa shape index (κ3) is 1.75. The van der Waals surface area contributed by atoms with Crippen LogP contribution in [0.2, 0.25) is 0 Å². The number of hydrogen-bond acceptors (Lipinski definition) is 2. The molecule has 0 radical (unpaired) electrons. The van der Waals surface area contributed by atoms with Crippen LogP contribution in [0.5, 0.6) is 0 Å². The monoisotopic (exact) mass is 288 g/mol. The molecular formula is C19H28O2. The average Bonchev–Trinajstić information content (AvgIpc) is 2.76. The first-order valence-corrected chi connectivity index (χ1v) is 8.72. The Morgan fingerprint density at radius 2 is 1.95 bits per heavy atom. The standard InChI is InChI=1S/C19H28O2/c1-18-9-7-13(20)11-12(18)3-4-14-15-5-6-17(21)19(15,2)10-8-16(14)18/h6-7,9,12-16,20-21H,3-5,8,10-11H2,1-2H3/t12?,13-,14-,15-,16-,18-,19-/m0/s1. The lowest BCUT2D eigenvalue weighted by Gasteiger charge is -2.58. The highest BCUT2D eigenvalue weighted by molar-refractivity contribution is 5.22. The van der Waals surface area contributed by atoms with Crippen LogP contribution in [-0.4, -0.2) is 16.3 Å². The molecule has 0 aromatic rings. The molecular weight excluding hydrogens is 260 g/mol. The first-order chi connectivity index (χ1) is 9.95. The molecule has 0 spiro atoms. The highest BCUT2D eigenvalue weighted by Crippen LogP contribution is 2.64. The van der Waals surface area contributed by atoms with Crippen molar-refractivity contribution in [2.45, 2.75) is 58.5 Å². The lowest BCUT2D eigenvalue weighted by atomic mass is 9.46. The minimum atomic E-state index is -0.231. The molecule has 2 nitrogen and oxygen atoms in total. The zero-order valence-electron chi connectivity index (χ0n) is 13.3. The molecule has 0 heterocycles. The van der Waals surface area contributed by atoms with E-state index in [-0.39, 0.29) is 16.9 Å². The Morgan fingerprint density at radius 1 is 1.14 bits per heavy atom. The van der Waals surface area contributed by atoms with E-state index in [9.17, 15) is 10.2 Å². The number of fused-ring (bicyclic) bond motifs is 5. The predicted molar refractivity (Wildman–Crippen MR) is 83.7 cm³/mol. The Labute approximate surface area is 127 Å². The summed E-state index contributed by atoms with van der Waals surface area (Å²) in [6, 6.07) is 0. The minimum absolute atomic E-state index is 0.0439. The van der Waals surface area contributed by atoms with Crippen LogP contribution in [-0.2, 0) is 0 Å². The van der Waals surface area contributed by atoms with E-state index in [1.165, 1.54) is 19.3 Å². The van der Waals surface area contributed by atoms with Crippen molar-refractivity contribution >= 4 is 0 Å². The topological polar surface area (TPSA) is 40.5 Å². The van der Waals surface area contributed by atoms with Crippen molar-refractivity contribution in [1.29, 1.82) is 0 Å². The van der Waals surface area contributed by atoms with Gasteiger partial charge in [0.05, 0.1) is 11.9 Å². The van der Waals surface area contributed by atoms with Crippen LogP contribution in [0.3, 0.4) is 0 Å². The fraction of sp³-hybridized carbons (Fsp3) is 0.789. The number of aliphatic hydroxyl groups is 2. The van der Waals surface area contributed by atoms with Crippen molar-refractivity contribution in [2.75, 3.05) is 0 Å². The van der Waals surface area contributed by atoms with Crippen LogP contribution in [0.1, 0.15) is 52.4 Å². The van der Waals surface area contributed by atoms with Crippen molar-refractivity contribution in [3.05, 3.63) is 24.0 Å². The molecule has 1 unspecified atom stereocenters. The number of hydrogen-bond donors (Lipinski definition) is 2. The van der Waals surface area contributed by atoms with Crippen LogP contribution in [0, 0.1) is 34.5 Å². The molecule has 4 aliphatic rings. The van der Waals surface area contributed by atoms with E-state index in [2.05, 4.69) is 26.0 Å². The summed E-state index contributed by atoms with van der Waals surface area (Å²) < 4.78 is 0. The van der Waals surface area contributed by atoms with Gasteiger partial charge in [-0.15, -0.1) is 0 Å². The summed E-state index contributed by atoms with van der Waals surface area (Å²) in [6.45, 7) is 4.71. The Balaban J connectivity index is 1.67. The van der Waals surface area contributed by atoms with E-state index in [0.29, 0.717) is 17.6 Å². The molecule has 7 atom stereocenters. The fourth-order valence-electron chi connectivity index (χ4n) is 6.33. The van der Waals surface area contributed by atoms with Crippen LogP contribution >= 0.6 is 0 Å². The van der Waals surface area contributed by atoms with E-state index >= 15 is 0 Å². The molecule has 2 saturated carbocycles. The molecule has 4 aliphatic carbocycles. The number of allylic oxidation sites excluding steroid dienone is 3. The Morgan fingerprint density at radius 3 is 2.76 bits per heavy atom. The van der Waals surface area contributed by atoms with Gasteiger partial charge in [-0.25, -0.2) is 0 Å². The maximum Gasteiger partial charge on any atom is 0.0944 e. The number of rotatable bonds is 0. The van der Waals surface area contributed by atoms with Gasteiger partial charge in [0.2, 0.25) is 0 Å². The summed E-state index contributed by atoms with van der Waals surface area (Å²) in [6.07, 6.45) is 13.1. The van der Waals surface area contributed by atoms with Gasteiger partial charge >= 0.3 is 0 Å². The fourth-order valence-corrected chi connectivity index (χ4v) is 6.33. The van der Waals surface area contributed by atoms with Crippen molar-refractivity contribution < 1.29 is 10.2 Å². The molecule has 0 bridgehead atoms. The molecule has 0 aromatic carbocycles. The van der Waals surface area contributed by atoms with Crippen molar-refractivity contribution in [1.82, 2.24) is 0 Å². The van der Waals surface area contributed by atoms with Crippen molar-refractivity contribution in [2.24, 2.45) is 34.5 Å². The molecule has 2 heteroatoms. The predicted octanol–water partition coefficient (Wildman–Crippen LogP) is 4.22. The van der Waals surface area contributed by atoms with E-state index in [1.807, 2.05) is 6.08 Å². The molecule has 0 amide bonds. The second kappa shape index (κ2) is 4.38. The summed E-state index contributed by atoms with van der Waals surface area (Å²) in [4.78, 5) is 0. The molecule has 4 rings (SSSR count). The molecule has 21 heavy (non-hydrogen) atoms. The van der Waals surface area contributed by atoms with Gasteiger partial charge in [0.25, 0.3) is 0 Å². The second-order valence-corrected chi connectivity index (χ2v) is 8.46. The zero-order valence-corrected chi connectivity index (χ0v) is 13.3. The van der Waals surface area contributed by atoms with Crippen LogP contribution < -0.4 is 0 Å². The van der Waals surface area contributed by atoms with Crippen LogP contribution in [0.4, 0.5) is 0 Å². The van der Waals surface area contributed by atoms with Gasteiger partial charge in [0.15, 0.2) is 0 Å². The van der Waals surface area contributed by atoms with Gasteiger partial charge in [0, 0.05) is 5.41 Å². The van der Waals surface area contributed by atoms with E-state index in [1.54, 1.807) is 0 Å². The SMILES string of the molecule is C[C@]12C=C[C@H](O)CC1CC[C@@H]1[C@@H]2CC[C@]2(C)C(O)=CC[C@@H]12. The highest BCUT2D eigenvalue weighted by atomic mass is 16.3. The molecule has 0 aliphatic heterocycles. The molecule has 0 aromatic heterocycles. The molecule has 116 valence electrons. The summed E-state index contributed by atoms with van der Waals surface area (Å²) in [7, 11) is 0.